The molecule has 1 aliphatic heterocycles. The van der Waals surface area contributed by atoms with Crippen molar-refractivity contribution in [1.29, 1.82) is 0 Å². The Balaban J connectivity index is 1.84. The van der Waals surface area contributed by atoms with E-state index in [1.54, 1.807) is 18.9 Å². The topological polar surface area (TPSA) is 74.1 Å². The summed E-state index contributed by atoms with van der Waals surface area (Å²) < 4.78 is 13.6. The van der Waals surface area contributed by atoms with E-state index in [1.165, 1.54) is 0 Å². The molecule has 2 heterocycles. The SMILES string of the molecule is COc1ccc([C@H]2C=C(c3cccc(Br)c3)Nc3nnnn32)c(OC)c1. The summed E-state index contributed by atoms with van der Waals surface area (Å²) in [6.45, 7) is 0. The van der Waals surface area contributed by atoms with Crippen molar-refractivity contribution in [2.45, 2.75) is 6.04 Å². The standard InChI is InChI=1S/C18H16BrN5O2/c1-25-13-6-7-14(17(9-13)26-2)16-10-15(11-4-3-5-12(19)8-11)20-18-21-22-23-24(16)18/h3-10,16H,1-2H3,(H,20,21,23)/t16-/m1/s1. The monoisotopic (exact) mass is 413 g/mol. The predicted octanol–water partition coefficient (Wildman–Crippen LogP) is 3.51. The maximum atomic E-state index is 5.57. The third-order valence-corrected chi connectivity index (χ3v) is 4.72. The number of rotatable bonds is 4. The zero-order valence-electron chi connectivity index (χ0n) is 14.2. The Morgan fingerprint density at radius 3 is 2.77 bits per heavy atom. The number of fused-ring (bicyclic) bond motifs is 1. The van der Waals surface area contributed by atoms with Crippen molar-refractivity contribution in [3.63, 3.8) is 0 Å². The summed E-state index contributed by atoms with van der Waals surface area (Å²) in [6.07, 6.45) is 2.08. The third kappa shape index (κ3) is 2.92. The highest BCUT2D eigenvalue weighted by Crippen LogP contribution is 2.37. The minimum atomic E-state index is -0.212. The molecule has 0 unspecified atom stereocenters. The Morgan fingerprint density at radius 2 is 2.00 bits per heavy atom. The zero-order valence-corrected chi connectivity index (χ0v) is 15.8. The van der Waals surface area contributed by atoms with Gasteiger partial charge in [-0.05, 0) is 46.3 Å². The molecule has 4 rings (SSSR count). The molecule has 0 amide bonds. The summed E-state index contributed by atoms with van der Waals surface area (Å²) in [7, 11) is 3.27. The summed E-state index contributed by atoms with van der Waals surface area (Å²) >= 11 is 3.52. The van der Waals surface area contributed by atoms with Gasteiger partial charge in [0.2, 0.25) is 5.95 Å². The molecule has 1 aromatic heterocycles. The molecule has 0 aliphatic carbocycles. The second-order valence-electron chi connectivity index (χ2n) is 5.72. The van der Waals surface area contributed by atoms with E-state index in [0.717, 1.165) is 27.0 Å². The Kier molecular flexibility index (Phi) is 4.34. The van der Waals surface area contributed by atoms with E-state index < -0.39 is 0 Å². The Hall–Kier alpha value is -2.87. The number of ether oxygens (including phenoxy) is 2. The van der Waals surface area contributed by atoms with Crippen LogP contribution in [0.3, 0.4) is 0 Å². The van der Waals surface area contributed by atoms with Crippen LogP contribution in [0, 0.1) is 0 Å². The van der Waals surface area contributed by atoms with E-state index in [-0.39, 0.29) is 6.04 Å². The second kappa shape index (κ2) is 6.80. The maximum Gasteiger partial charge on any atom is 0.248 e. The number of hydrogen-bond donors (Lipinski definition) is 1. The van der Waals surface area contributed by atoms with E-state index in [0.29, 0.717) is 11.7 Å². The van der Waals surface area contributed by atoms with Crippen LogP contribution in [0.4, 0.5) is 5.95 Å². The number of tetrazole rings is 1. The molecule has 1 N–H and O–H groups in total. The minimum absolute atomic E-state index is 0.212. The van der Waals surface area contributed by atoms with Crippen molar-refractivity contribution >= 4 is 27.6 Å². The van der Waals surface area contributed by atoms with Crippen molar-refractivity contribution in [3.8, 4) is 11.5 Å². The number of nitrogens with zero attached hydrogens (tertiary/aromatic N) is 4. The number of hydrogen-bond acceptors (Lipinski definition) is 6. The number of nitrogens with one attached hydrogen (secondary N) is 1. The van der Waals surface area contributed by atoms with Gasteiger partial charge in [-0.1, -0.05) is 33.2 Å². The van der Waals surface area contributed by atoms with Crippen molar-refractivity contribution in [1.82, 2.24) is 20.2 Å². The molecule has 0 saturated carbocycles. The zero-order chi connectivity index (χ0) is 18.1. The van der Waals surface area contributed by atoms with Gasteiger partial charge in [0.25, 0.3) is 0 Å². The summed E-state index contributed by atoms with van der Waals surface area (Å²) in [5, 5.41) is 15.3. The van der Waals surface area contributed by atoms with Crippen molar-refractivity contribution in [3.05, 3.63) is 64.1 Å². The molecule has 2 aromatic carbocycles. The van der Waals surface area contributed by atoms with Crippen LogP contribution in [0.5, 0.6) is 11.5 Å². The minimum Gasteiger partial charge on any atom is -0.497 e. The molecule has 0 radical (unpaired) electrons. The molecule has 7 nitrogen and oxygen atoms in total. The Bertz CT molecular complexity index is 985. The molecule has 0 saturated heterocycles. The van der Waals surface area contributed by atoms with Crippen LogP contribution in [0.1, 0.15) is 17.2 Å². The molecule has 0 fully saturated rings. The fourth-order valence-electron chi connectivity index (χ4n) is 2.96. The van der Waals surface area contributed by atoms with E-state index in [2.05, 4.69) is 42.8 Å². The summed E-state index contributed by atoms with van der Waals surface area (Å²) in [4.78, 5) is 0. The Labute approximate surface area is 158 Å². The van der Waals surface area contributed by atoms with Crippen LogP contribution in [0.25, 0.3) is 5.70 Å². The van der Waals surface area contributed by atoms with E-state index >= 15 is 0 Å². The summed E-state index contributed by atoms with van der Waals surface area (Å²) in [5.41, 5.74) is 2.90. The molecule has 1 atom stereocenters. The first-order valence-electron chi connectivity index (χ1n) is 7.94. The fraction of sp³-hybridized carbons (Fsp3) is 0.167. The quantitative estimate of drug-likeness (QED) is 0.705. The van der Waals surface area contributed by atoms with Crippen LogP contribution >= 0.6 is 15.9 Å². The van der Waals surface area contributed by atoms with E-state index in [1.807, 2.05) is 42.5 Å². The van der Waals surface area contributed by atoms with Crippen LogP contribution in [0.2, 0.25) is 0 Å². The van der Waals surface area contributed by atoms with Crippen LogP contribution in [-0.2, 0) is 0 Å². The van der Waals surface area contributed by atoms with Crippen LogP contribution in [0.15, 0.2) is 53.0 Å². The molecule has 8 heteroatoms. The molecule has 1 aliphatic rings. The van der Waals surface area contributed by atoms with Gasteiger partial charge in [-0.25, -0.2) is 0 Å². The highest BCUT2D eigenvalue weighted by Gasteiger charge is 2.26. The molecule has 3 aromatic rings. The largest absolute Gasteiger partial charge is 0.497 e. The Morgan fingerprint density at radius 1 is 1.12 bits per heavy atom. The normalized spacial score (nSPS) is 15.7. The van der Waals surface area contributed by atoms with Crippen LogP contribution in [-0.4, -0.2) is 34.4 Å². The highest BCUT2D eigenvalue weighted by atomic mass is 79.9. The number of halogens is 1. The van der Waals surface area contributed by atoms with Crippen molar-refractivity contribution in [2.24, 2.45) is 0 Å². The lowest BCUT2D eigenvalue weighted by molar-refractivity contribution is 0.387. The first-order valence-corrected chi connectivity index (χ1v) is 8.73. The van der Waals surface area contributed by atoms with Crippen molar-refractivity contribution < 1.29 is 9.47 Å². The lowest BCUT2D eigenvalue weighted by Gasteiger charge is -2.25. The number of allylic oxidation sites excluding steroid dienone is 1. The molecule has 132 valence electrons. The van der Waals surface area contributed by atoms with Gasteiger partial charge in [-0.3, -0.25) is 0 Å². The van der Waals surface area contributed by atoms with Gasteiger partial charge in [0.05, 0.1) is 14.2 Å². The fourth-order valence-corrected chi connectivity index (χ4v) is 3.36. The van der Waals surface area contributed by atoms with Gasteiger partial charge in [-0.2, -0.15) is 4.68 Å². The smallest absolute Gasteiger partial charge is 0.248 e. The van der Waals surface area contributed by atoms with Gasteiger partial charge >= 0.3 is 0 Å². The third-order valence-electron chi connectivity index (χ3n) is 4.22. The first kappa shape index (κ1) is 16.6. The number of anilines is 1. The van der Waals surface area contributed by atoms with Gasteiger partial charge in [0, 0.05) is 21.8 Å². The van der Waals surface area contributed by atoms with Gasteiger partial charge in [0.15, 0.2) is 0 Å². The first-order chi connectivity index (χ1) is 12.7. The van der Waals surface area contributed by atoms with Gasteiger partial charge in [0.1, 0.15) is 17.5 Å². The highest BCUT2D eigenvalue weighted by molar-refractivity contribution is 9.10. The summed E-state index contributed by atoms with van der Waals surface area (Å²) in [6, 6.07) is 13.6. The number of benzene rings is 2. The van der Waals surface area contributed by atoms with Gasteiger partial charge < -0.3 is 14.8 Å². The van der Waals surface area contributed by atoms with Crippen molar-refractivity contribution in [2.75, 3.05) is 19.5 Å². The predicted molar refractivity (Wildman–Crippen MR) is 101 cm³/mol. The molecule has 0 bridgehead atoms. The van der Waals surface area contributed by atoms with Gasteiger partial charge in [-0.15, -0.1) is 0 Å². The molecular formula is C18H16BrN5O2. The second-order valence-corrected chi connectivity index (χ2v) is 6.63. The number of methoxy groups -OCH3 is 2. The number of aromatic nitrogens is 4. The summed E-state index contributed by atoms with van der Waals surface area (Å²) in [5.74, 6) is 2.01. The molecule has 26 heavy (non-hydrogen) atoms. The van der Waals surface area contributed by atoms with Crippen LogP contribution < -0.4 is 14.8 Å². The maximum absolute atomic E-state index is 5.57. The lowest BCUT2D eigenvalue weighted by atomic mass is 10.0. The average Bonchev–Trinajstić information content (AvgIpc) is 3.15. The lowest BCUT2D eigenvalue weighted by Crippen LogP contribution is -2.20. The van der Waals surface area contributed by atoms with E-state index in [9.17, 15) is 0 Å². The molecule has 0 spiro atoms. The molecular weight excluding hydrogens is 398 g/mol. The average molecular weight is 414 g/mol. The van der Waals surface area contributed by atoms with E-state index in [4.69, 9.17) is 9.47 Å².